The van der Waals surface area contributed by atoms with Gasteiger partial charge in [-0.2, -0.15) is 4.98 Å². The number of rotatable bonds is 7. The summed E-state index contributed by atoms with van der Waals surface area (Å²) in [5, 5.41) is 8.50. The minimum absolute atomic E-state index is 0.101. The zero-order chi connectivity index (χ0) is 19.4. The van der Waals surface area contributed by atoms with Gasteiger partial charge in [0.2, 0.25) is 21.7 Å². The van der Waals surface area contributed by atoms with Gasteiger partial charge in [-0.05, 0) is 42.6 Å². The number of benzene rings is 1. The number of hydrogen-bond acceptors (Lipinski definition) is 7. The van der Waals surface area contributed by atoms with Gasteiger partial charge >= 0.3 is 0 Å². The lowest BCUT2D eigenvalue weighted by molar-refractivity contribution is 0.0946. The number of nitrogens with zero attached hydrogens (tertiary/aromatic N) is 3. The molecule has 8 nitrogen and oxygen atoms in total. The molecule has 10 heteroatoms. The van der Waals surface area contributed by atoms with Crippen molar-refractivity contribution in [1.82, 2.24) is 15.5 Å². The average Bonchev–Trinajstić information content (AvgIpc) is 3.31. The van der Waals surface area contributed by atoms with Crippen LogP contribution in [0.15, 0.2) is 46.3 Å². The molecule has 0 saturated heterocycles. The number of amides is 1. The Balaban J connectivity index is 1.63. The van der Waals surface area contributed by atoms with E-state index in [1.54, 1.807) is 31.2 Å². The van der Waals surface area contributed by atoms with E-state index in [9.17, 15) is 13.2 Å². The zero-order valence-corrected chi connectivity index (χ0v) is 16.4. The van der Waals surface area contributed by atoms with Crippen LogP contribution >= 0.6 is 11.3 Å². The van der Waals surface area contributed by atoms with E-state index in [1.165, 1.54) is 15.6 Å². The van der Waals surface area contributed by atoms with Crippen LogP contribution in [0.25, 0.3) is 10.7 Å². The number of sulfonamides is 1. The quantitative estimate of drug-likeness (QED) is 0.646. The van der Waals surface area contributed by atoms with Crippen LogP contribution in [0.3, 0.4) is 0 Å². The molecule has 1 amide bonds. The van der Waals surface area contributed by atoms with E-state index in [0.717, 1.165) is 11.1 Å². The zero-order valence-electron chi connectivity index (χ0n) is 14.7. The van der Waals surface area contributed by atoms with Crippen LogP contribution in [-0.4, -0.2) is 37.3 Å². The van der Waals surface area contributed by atoms with E-state index in [1.807, 2.05) is 17.5 Å². The van der Waals surface area contributed by atoms with Crippen LogP contribution in [0.2, 0.25) is 0 Å². The summed E-state index contributed by atoms with van der Waals surface area (Å²) in [7, 11) is -3.36. The molecule has 2 aromatic heterocycles. The predicted molar refractivity (Wildman–Crippen MR) is 103 cm³/mol. The van der Waals surface area contributed by atoms with Crippen LogP contribution in [0.1, 0.15) is 23.2 Å². The second-order valence-electron chi connectivity index (χ2n) is 5.65. The lowest BCUT2D eigenvalue weighted by Gasteiger charge is -2.20. The lowest BCUT2D eigenvalue weighted by atomic mass is 10.2. The Morgan fingerprint density at radius 2 is 2.00 bits per heavy atom. The number of carbonyl (C=O) groups is 1. The molecule has 1 N–H and O–H groups in total. The highest BCUT2D eigenvalue weighted by atomic mass is 32.2. The van der Waals surface area contributed by atoms with E-state index >= 15 is 0 Å². The van der Waals surface area contributed by atoms with Crippen molar-refractivity contribution in [3.05, 3.63) is 53.2 Å². The molecule has 0 saturated carbocycles. The molecule has 2 heterocycles. The van der Waals surface area contributed by atoms with Gasteiger partial charge in [0.25, 0.3) is 5.91 Å². The largest absolute Gasteiger partial charge is 0.343 e. The Labute approximate surface area is 160 Å². The summed E-state index contributed by atoms with van der Waals surface area (Å²) >= 11 is 1.50. The summed E-state index contributed by atoms with van der Waals surface area (Å²) in [6.45, 7) is 2.16. The highest BCUT2D eigenvalue weighted by molar-refractivity contribution is 7.92. The third kappa shape index (κ3) is 4.52. The van der Waals surface area contributed by atoms with Gasteiger partial charge < -0.3 is 9.84 Å². The first-order chi connectivity index (χ1) is 12.9. The first-order valence-corrected chi connectivity index (χ1v) is 10.8. The molecule has 0 aliphatic carbocycles. The van der Waals surface area contributed by atoms with Gasteiger partial charge in [-0.15, -0.1) is 11.3 Å². The number of hydrogen-bond donors (Lipinski definition) is 1. The van der Waals surface area contributed by atoms with Gasteiger partial charge in [-0.3, -0.25) is 9.10 Å². The number of nitrogens with one attached hydrogen (secondary N) is 1. The molecule has 0 spiro atoms. The second-order valence-corrected chi connectivity index (χ2v) is 8.50. The first-order valence-electron chi connectivity index (χ1n) is 8.11. The molecule has 3 aromatic rings. The van der Waals surface area contributed by atoms with Crippen molar-refractivity contribution < 1.29 is 17.7 Å². The maximum atomic E-state index is 12.3. The molecule has 0 atom stereocenters. The van der Waals surface area contributed by atoms with Crippen LogP contribution in [0, 0.1) is 0 Å². The molecule has 0 radical (unpaired) electrons. The Kier molecular flexibility index (Phi) is 5.57. The number of aromatic nitrogens is 2. The van der Waals surface area contributed by atoms with Gasteiger partial charge in [0.05, 0.1) is 23.4 Å². The van der Waals surface area contributed by atoms with Crippen LogP contribution in [-0.2, 0) is 16.6 Å². The molecule has 142 valence electrons. The SMILES string of the molecule is CCN(c1ccc(C(=O)NCc2nc(-c3cccs3)no2)cc1)S(C)(=O)=O. The number of thiophene rings is 1. The van der Waals surface area contributed by atoms with E-state index < -0.39 is 10.0 Å². The van der Waals surface area contributed by atoms with Crippen molar-refractivity contribution >= 4 is 33.0 Å². The summed E-state index contributed by atoms with van der Waals surface area (Å²) in [4.78, 5) is 17.4. The van der Waals surface area contributed by atoms with E-state index in [0.29, 0.717) is 29.5 Å². The molecule has 3 rings (SSSR count). The molecule has 0 bridgehead atoms. The second kappa shape index (κ2) is 7.89. The average molecular weight is 406 g/mol. The van der Waals surface area contributed by atoms with Crippen molar-refractivity contribution in [2.45, 2.75) is 13.5 Å². The summed E-state index contributed by atoms with van der Waals surface area (Å²) < 4.78 is 29.9. The molecular formula is C17H18N4O4S2. The molecule has 0 unspecified atom stereocenters. The fraction of sp³-hybridized carbons (Fsp3) is 0.235. The number of carbonyl (C=O) groups excluding carboxylic acids is 1. The van der Waals surface area contributed by atoms with E-state index in [4.69, 9.17) is 4.52 Å². The monoisotopic (exact) mass is 406 g/mol. The van der Waals surface area contributed by atoms with E-state index in [2.05, 4.69) is 15.5 Å². The highest BCUT2D eigenvalue weighted by Crippen LogP contribution is 2.21. The molecule has 0 aliphatic heterocycles. The lowest BCUT2D eigenvalue weighted by Crippen LogP contribution is -2.29. The molecular weight excluding hydrogens is 388 g/mol. The Bertz CT molecular complexity index is 1010. The fourth-order valence-electron chi connectivity index (χ4n) is 2.48. The Hall–Kier alpha value is -2.72. The maximum Gasteiger partial charge on any atom is 0.251 e. The maximum absolute atomic E-state index is 12.3. The molecule has 0 fully saturated rings. The first kappa shape index (κ1) is 19.1. The summed E-state index contributed by atoms with van der Waals surface area (Å²) in [5.74, 6) is 0.469. The smallest absolute Gasteiger partial charge is 0.251 e. The minimum Gasteiger partial charge on any atom is -0.343 e. The third-order valence-corrected chi connectivity index (χ3v) is 5.85. The fourth-order valence-corrected chi connectivity index (χ4v) is 4.10. The number of anilines is 1. The van der Waals surface area contributed by atoms with Gasteiger partial charge in [0, 0.05) is 12.1 Å². The Morgan fingerprint density at radius 3 is 2.59 bits per heavy atom. The van der Waals surface area contributed by atoms with Crippen molar-refractivity contribution in [3.8, 4) is 10.7 Å². The molecule has 27 heavy (non-hydrogen) atoms. The summed E-state index contributed by atoms with van der Waals surface area (Å²) in [6, 6.07) is 10.1. The van der Waals surface area contributed by atoms with Crippen LogP contribution in [0.5, 0.6) is 0 Å². The Morgan fingerprint density at radius 1 is 1.26 bits per heavy atom. The summed E-state index contributed by atoms with van der Waals surface area (Å²) in [6.07, 6.45) is 1.14. The van der Waals surface area contributed by atoms with Crippen molar-refractivity contribution in [2.75, 3.05) is 17.1 Å². The van der Waals surface area contributed by atoms with Crippen molar-refractivity contribution in [1.29, 1.82) is 0 Å². The van der Waals surface area contributed by atoms with Crippen molar-refractivity contribution in [3.63, 3.8) is 0 Å². The van der Waals surface area contributed by atoms with Gasteiger partial charge in [0.15, 0.2) is 0 Å². The van der Waals surface area contributed by atoms with Crippen molar-refractivity contribution in [2.24, 2.45) is 0 Å². The normalized spacial score (nSPS) is 11.3. The molecule has 0 aliphatic rings. The third-order valence-electron chi connectivity index (χ3n) is 3.71. The highest BCUT2D eigenvalue weighted by Gasteiger charge is 2.16. The van der Waals surface area contributed by atoms with Gasteiger partial charge in [-0.25, -0.2) is 8.42 Å². The predicted octanol–water partition coefficient (Wildman–Crippen LogP) is 2.51. The van der Waals surface area contributed by atoms with Gasteiger partial charge in [0.1, 0.15) is 0 Å². The van der Waals surface area contributed by atoms with Crippen LogP contribution in [0.4, 0.5) is 5.69 Å². The minimum atomic E-state index is -3.36. The topological polar surface area (TPSA) is 105 Å². The van der Waals surface area contributed by atoms with E-state index in [-0.39, 0.29) is 12.5 Å². The molecule has 1 aromatic carbocycles. The van der Waals surface area contributed by atoms with Crippen LogP contribution < -0.4 is 9.62 Å². The van der Waals surface area contributed by atoms with Gasteiger partial charge in [-0.1, -0.05) is 11.2 Å². The summed E-state index contributed by atoms with van der Waals surface area (Å²) in [5.41, 5.74) is 0.912. The standard InChI is InChI=1S/C17H18N4O4S2/c1-3-21(27(2,23)24)13-8-6-12(7-9-13)17(22)18-11-15-19-16(20-25-15)14-5-4-10-26-14/h4-10H,3,11H2,1-2H3,(H,18,22).